The van der Waals surface area contributed by atoms with E-state index in [9.17, 15) is 14.3 Å². The predicted octanol–water partition coefficient (Wildman–Crippen LogP) is 2.56. The van der Waals surface area contributed by atoms with Gasteiger partial charge in [-0.15, -0.1) is 0 Å². The van der Waals surface area contributed by atoms with Gasteiger partial charge >= 0.3 is 5.97 Å². The molecule has 22 heavy (non-hydrogen) atoms. The number of esters is 1. The highest BCUT2D eigenvalue weighted by atomic mass is 19.1. The highest BCUT2D eigenvalue weighted by Gasteiger charge is 2.43. The third-order valence-corrected chi connectivity index (χ3v) is 3.96. The number of halogens is 1. The number of carbonyl (C=O) groups is 1. The molecule has 116 valence electrons. The normalized spacial score (nSPS) is 16.1. The maximum absolute atomic E-state index is 13.1. The molecule has 2 aromatic rings. The van der Waals surface area contributed by atoms with Crippen LogP contribution in [0.4, 0.5) is 4.39 Å². The molecule has 1 aliphatic carbocycles. The Morgan fingerprint density at radius 1 is 1.41 bits per heavy atom. The van der Waals surface area contributed by atoms with Crippen molar-refractivity contribution in [3.05, 3.63) is 47.5 Å². The van der Waals surface area contributed by atoms with Gasteiger partial charge in [-0.1, -0.05) is 0 Å². The first-order valence-corrected chi connectivity index (χ1v) is 7.29. The van der Waals surface area contributed by atoms with Gasteiger partial charge in [0.15, 0.2) is 0 Å². The summed E-state index contributed by atoms with van der Waals surface area (Å²) >= 11 is 0. The Bertz CT molecular complexity index is 690. The van der Waals surface area contributed by atoms with Crippen LogP contribution in [0.2, 0.25) is 0 Å². The Morgan fingerprint density at radius 3 is 2.64 bits per heavy atom. The van der Waals surface area contributed by atoms with Gasteiger partial charge in [0.25, 0.3) is 0 Å². The molecule has 5 nitrogen and oxygen atoms in total. The molecule has 3 rings (SSSR count). The van der Waals surface area contributed by atoms with Gasteiger partial charge in [-0.25, -0.2) is 13.9 Å². The number of rotatable bonds is 4. The zero-order chi connectivity index (χ0) is 15.7. The van der Waals surface area contributed by atoms with Gasteiger partial charge in [-0.3, -0.25) is 0 Å². The summed E-state index contributed by atoms with van der Waals surface area (Å²) < 4.78 is 19.6. The fraction of sp³-hybridized carbons (Fsp3) is 0.375. The molecule has 1 N–H and O–H groups in total. The second-order valence-electron chi connectivity index (χ2n) is 5.40. The van der Waals surface area contributed by atoms with E-state index in [1.807, 2.05) is 0 Å². The van der Waals surface area contributed by atoms with Crippen molar-refractivity contribution < 1.29 is 19.0 Å². The van der Waals surface area contributed by atoms with Crippen LogP contribution >= 0.6 is 0 Å². The maximum atomic E-state index is 13.1. The van der Waals surface area contributed by atoms with Gasteiger partial charge in [0, 0.05) is 0 Å². The summed E-state index contributed by atoms with van der Waals surface area (Å²) in [4.78, 5) is 12.1. The second-order valence-corrected chi connectivity index (χ2v) is 5.40. The average Bonchev–Trinajstić information content (AvgIpc) is 2.91. The van der Waals surface area contributed by atoms with Crippen LogP contribution in [0.1, 0.15) is 42.2 Å². The monoisotopic (exact) mass is 304 g/mol. The third-order valence-electron chi connectivity index (χ3n) is 3.96. The number of nitrogens with zero attached hydrogens (tertiary/aromatic N) is 2. The van der Waals surface area contributed by atoms with Crippen LogP contribution in [0.3, 0.4) is 0 Å². The number of benzene rings is 1. The van der Waals surface area contributed by atoms with E-state index in [1.54, 1.807) is 19.1 Å². The van der Waals surface area contributed by atoms with Crippen LogP contribution in [0.25, 0.3) is 5.69 Å². The molecular weight excluding hydrogens is 287 g/mol. The standard InChI is InChI=1S/C16H17FN2O3/c1-2-22-15(20)13-10-18-19(12-6-4-11(17)5-7-12)14(13)16(21)8-3-9-16/h4-7,10,21H,2-3,8-9H2,1H3. The van der Waals surface area contributed by atoms with Crippen molar-refractivity contribution in [3.8, 4) is 5.69 Å². The van der Waals surface area contributed by atoms with E-state index in [4.69, 9.17) is 4.74 Å². The average molecular weight is 304 g/mol. The number of hydrogen-bond acceptors (Lipinski definition) is 4. The lowest BCUT2D eigenvalue weighted by Crippen LogP contribution is -2.37. The van der Waals surface area contributed by atoms with Crippen LogP contribution in [0.15, 0.2) is 30.5 Å². The largest absolute Gasteiger partial charge is 0.462 e. The fourth-order valence-electron chi connectivity index (χ4n) is 2.68. The van der Waals surface area contributed by atoms with Crippen molar-refractivity contribution >= 4 is 5.97 Å². The topological polar surface area (TPSA) is 64.3 Å². The summed E-state index contributed by atoms with van der Waals surface area (Å²) in [6, 6.07) is 5.75. The van der Waals surface area contributed by atoms with Gasteiger partial charge in [-0.2, -0.15) is 5.10 Å². The SMILES string of the molecule is CCOC(=O)c1cnn(-c2ccc(F)cc2)c1C1(O)CCC1. The van der Waals surface area contributed by atoms with E-state index < -0.39 is 11.6 Å². The van der Waals surface area contributed by atoms with Crippen LogP contribution in [-0.4, -0.2) is 27.5 Å². The van der Waals surface area contributed by atoms with Gasteiger partial charge in [0.2, 0.25) is 0 Å². The lowest BCUT2D eigenvalue weighted by Gasteiger charge is -2.37. The first-order valence-electron chi connectivity index (χ1n) is 7.29. The molecular formula is C16H17FN2O3. The lowest BCUT2D eigenvalue weighted by atomic mass is 9.76. The van der Waals surface area contributed by atoms with E-state index >= 15 is 0 Å². The molecule has 1 fully saturated rings. The van der Waals surface area contributed by atoms with Gasteiger partial charge in [-0.05, 0) is 50.5 Å². The second kappa shape index (κ2) is 5.53. The molecule has 0 radical (unpaired) electrons. The first kappa shape index (κ1) is 14.7. The van der Waals surface area contributed by atoms with Crippen LogP contribution in [0.5, 0.6) is 0 Å². The molecule has 1 aromatic carbocycles. The zero-order valence-corrected chi connectivity index (χ0v) is 12.3. The summed E-state index contributed by atoms with van der Waals surface area (Å²) in [6.45, 7) is 1.97. The first-order chi connectivity index (χ1) is 10.5. The van der Waals surface area contributed by atoms with Crippen molar-refractivity contribution in [2.45, 2.75) is 31.8 Å². The van der Waals surface area contributed by atoms with E-state index in [-0.39, 0.29) is 18.0 Å². The van der Waals surface area contributed by atoms with Crippen LogP contribution < -0.4 is 0 Å². The molecule has 1 aromatic heterocycles. The summed E-state index contributed by atoms with van der Waals surface area (Å²) in [5.41, 5.74) is 0.178. The third kappa shape index (κ3) is 2.39. The molecule has 0 saturated heterocycles. The smallest absolute Gasteiger partial charge is 0.341 e. The maximum Gasteiger partial charge on any atom is 0.341 e. The Morgan fingerprint density at radius 2 is 2.09 bits per heavy atom. The summed E-state index contributed by atoms with van der Waals surface area (Å²) in [6.07, 6.45) is 3.40. The van der Waals surface area contributed by atoms with E-state index in [0.717, 1.165) is 6.42 Å². The quantitative estimate of drug-likeness (QED) is 0.882. The van der Waals surface area contributed by atoms with Crippen molar-refractivity contribution in [1.82, 2.24) is 9.78 Å². The Balaban J connectivity index is 2.10. The summed E-state index contributed by atoms with van der Waals surface area (Å²) in [5.74, 6) is -0.864. The van der Waals surface area contributed by atoms with Crippen molar-refractivity contribution in [2.24, 2.45) is 0 Å². The zero-order valence-electron chi connectivity index (χ0n) is 12.3. The van der Waals surface area contributed by atoms with Gasteiger partial charge < -0.3 is 9.84 Å². The Labute approximate surface area is 127 Å². The van der Waals surface area contributed by atoms with E-state index in [1.165, 1.54) is 23.0 Å². The summed E-state index contributed by atoms with van der Waals surface area (Å²) in [7, 11) is 0. The molecule has 1 heterocycles. The number of hydrogen-bond donors (Lipinski definition) is 1. The Kier molecular flexibility index (Phi) is 3.70. The highest BCUT2D eigenvalue weighted by molar-refractivity contribution is 5.91. The number of ether oxygens (including phenoxy) is 1. The minimum absolute atomic E-state index is 0.248. The molecule has 0 bridgehead atoms. The molecule has 6 heteroatoms. The van der Waals surface area contributed by atoms with Crippen LogP contribution in [0, 0.1) is 5.82 Å². The van der Waals surface area contributed by atoms with Crippen molar-refractivity contribution in [2.75, 3.05) is 6.61 Å². The van der Waals surface area contributed by atoms with E-state index in [2.05, 4.69) is 5.10 Å². The van der Waals surface area contributed by atoms with E-state index in [0.29, 0.717) is 24.2 Å². The molecule has 0 amide bonds. The molecule has 0 atom stereocenters. The lowest BCUT2D eigenvalue weighted by molar-refractivity contribution is -0.0456. The van der Waals surface area contributed by atoms with Crippen molar-refractivity contribution in [3.63, 3.8) is 0 Å². The highest BCUT2D eigenvalue weighted by Crippen LogP contribution is 2.43. The summed E-state index contributed by atoms with van der Waals surface area (Å²) in [5, 5.41) is 14.9. The number of aromatic nitrogens is 2. The molecule has 0 spiro atoms. The Hall–Kier alpha value is -2.21. The molecule has 1 saturated carbocycles. The molecule has 1 aliphatic rings. The minimum Gasteiger partial charge on any atom is -0.462 e. The minimum atomic E-state index is -1.09. The fourth-order valence-corrected chi connectivity index (χ4v) is 2.68. The molecule has 0 aliphatic heterocycles. The van der Waals surface area contributed by atoms with Gasteiger partial charge in [0.1, 0.15) is 17.0 Å². The van der Waals surface area contributed by atoms with Crippen LogP contribution in [-0.2, 0) is 10.3 Å². The number of carbonyl (C=O) groups excluding carboxylic acids is 1. The predicted molar refractivity (Wildman–Crippen MR) is 77.2 cm³/mol. The number of aliphatic hydroxyl groups is 1. The molecule has 0 unspecified atom stereocenters. The van der Waals surface area contributed by atoms with Gasteiger partial charge in [0.05, 0.1) is 24.2 Å². The van der Waals surface area contributed by atoms with Crippen molar-refractivity contribution in [1.29, 1.82) is 0 Å².